The average Bonchev–Trinajstić information content (AvgIpc) is 3.47. The van der Waals surface area contributed by atoms with Gasteiger partial charge < -0.3 is 36.1 Å². The minimum Gasteiger partial charge on any atom is -0.397 e. The Hall–Kier alpha value is -3.80. The van der Waals surface area contributed by atoms with Crippen LogP contribution in [0, 0.1) is 0 Å². The number of nitrogen functional groups attached to an aromatic ring is 1. The summed E-state index contributed by atoms with van der Waals surface area (Å²) < 4.78 is 12.9. The van der Waals surface area contributed by atoms with Gasteiger partial charge in [-0.3, -0.25) is 14.5 Å². The fourth-order valence-electron chi connectivity index (χ4n) is 5.78. The van der Waals surface area contributed by atoms with E-state index in [4.69, 9.17) is 15.2 Å². The van der Waals surface area contributed by atoms with Crippen molar-refractivity contribution in [1.29, 1.82) is 0 Å². The quantitative estimate of drug-likeness (QED) is 0.142. The highest BCUT2D eigenvalue weighted by molar-refractivity contribution is 5.93. The molecule has 0 saturated carbocycles. The molecule has 45 heavy (non-hydrogen) atoms. The molecule has 2 amide bonds. The molecule has 0 unspecified atom stereocenters. The first-order valence-corrected chi connectivity index (χ1v) is 15.8. The highest BCUT2D eigenvalue weighted by Gasteiger charge is 2.34. The number of aliphatic hydroxyl groups excluding tert-OH is 2. The lowest BCUT2D eigenvalue weighted by molar-refractivity contribution is -0.252. The molecule has 4 atom stereocenters. The van der Waals surface area contributed by atoms with Crippen LogP contribution in [-0.2, 0) is 32.2 Å². The number of benzene rings is 3. The monoisotopic (exact) mass is 616 g/mol. The van der Waals surface area contributed by atoms with Crippen LogP contribution in [0.3, 0.4) is 0 Å². The zero-order valence-corrected chi connectivity index (χ0v) is 25.6. The van der Waals surface area contributed by atoms with Crippen molar-refractivity contribution < 1.29 is 29.3 Å². The van der Waals surface area contributed by atoms with Crippen molar-refractivity contribution in [1.82, 2.24) is 10.2 Å². The summed E-state index contributed by atoms with van der Waals surface area (Å²) in [6, 6.07) is 22.8. The summed E-state index contributed by atoms with van der Waals surface area (Å²) in [5, 5.41) is 25.2. The number of anilines is 2. The number of carbonyl (C=O) groups excluding carboxylic acids is 2. The molecule has 0 aromatic heterocycles. The van der Waals surface area contributed by atoms with Crippen LogP contribution < -0.4 is 16.4 Å². The van der Waals surface area contributed by atoms with Gasteiger partial charge in [0.15, 0.2) is 6.29 Å². The van der Waals surface area contributed by atoms with Gasteiger partial charge in [-0.25, -0.2) is 0 Å². The molecular weight excluding hydrogens is 572 g/mol. The van der Waals surface area contributed by atoms with Crippen LogP contribution >= 0.6 is 0 Å². The zero-order chi connectivity index (χ0) is 31.6. The average molecular weight is 617 g/mol. The smallest absolute Gasteiger partial charge is 0.224 e. The van der Waals surface area contributed by atoms with E-state index in [1.807, 2.05) is 60.7 Å². The van der Waals surface area contributed by atoms with Gasteiger partial charge in [0.25, 0.3) is 0 Å². The van der Waals surface area contributed by atoms with E-state index < -0.39 is 6.29 Å². The Morgan fingerprint density at radius 3 is 2.27 bits per heavy atom. The number of nitrogens with one attached hydrogen (secondary N) is 2. The number of ether oxygens (including phenoxy) is 2. The Balaban J connectivity index is 1.09. The molecule has 3 aromatic carbocycles. The minimum atomic E-state index is -0.557. The number of nitrogens with two attached hydrogens (primary N) is 1. The molecule has 10 heteroatoms. The summed E-state index contributed by atoms with van der Waals surface area (Å²) in [4.78, 5) is 26.8. The molecule has 0 spiro atoms. The van der Waals surface area contributed by atoms with Gasteiger partial charge in [0, 0.05) is 51.0 Å². The number of likely N-dealkylation sites (tertiary alicyclic amines) is 1. The van der Waals surface area contributed by atoms with E-state index >= 15 is 0 Å². The number of para-hydroxylation sites is 2. The molecule has 0 bridgehead atoms. The van der Waals surface area contributed by atoms with Crippen LogP contribution in [0.5, 0.6) is 0 Å². The second kappa shape index (κ2) is 16.0. The molecular formula is C35H44N4O6. The molecule has 2 aliphatic rings. The third kappa shape index (κ3) is 9.59. The number of carbonyl (C=O) groups is 2. The first kappa shape index (κ1) is 32.6. The number of aliphatic hydroxyl groups is 2. The third-order valence-electron chi connectivity index (χ3n) is 8.36. The lowest BCUT2D eigenvalue weighted by Crippen LogP contribution is -2.38. The van der Waals surface area contributed by atoms with Crippen molar-refractivity contribution >= 4 is 23.2 Å². The predicted octanol–water partition coefficient (Wildman–Crippen LogP) is 4.19. The maximum absolute atomic E-state index is 12.4. The number of unbranched alkanes of at least 4 members (excludes halogenated alkanes) is 1. The van der Waals surface area contributed by atoms with Crippen LogP contribution in [-0.4, -0.2) is 58.8 Å². The van der Waals surface area contributed by atoms with E-state index in [1.165, 1.54) is 0 Å². The van der Waals surface area contributed by atoms with Gasteiger partial charge in [0.1, 0.15) is 0 Å². The summed E-state index contributed by atoms with van der Waals surface area (Å²) >= 11 is 0. The SMILES string of the molecule is Nc1ccccc1NC(=O)CCCCC(=O)NCc1ccc([C@@H]2O[C@H](CN3CC[C@H](O)C3)C[C@H](c3ccc(CO)cc3)O2)cc1. The first-order chi connectivity index (χ1) is 21.9. The molecule has 0 radical (unpaired) electrons. The lowest BCUT2D eigenvalue weighted by atomic mass is 9.99. The van der Waals surface area contributed by atoms with Gasteiger partial charge in [-0.2, -0.15) is 0 Å². The van der Waals surface area contributed by atoms with E-state index in [0.29, 0.717) is 56.6 Å². The van der Waals surface area contributed by atoms with E-state index in [1.54, 1.807) is 12.1 Å². The molecule has 2 fully saturated rings. The van der Waals surface area contributed by atoms with Gasteiger partial charge in [0.2, 0.25) is 11.8 Å². The van der Waals surface area contributed by atoms with Crippen molar-refractivity contribution in [3.8, 4) is 0 Å². The number of hydrogen-bond acceptors (Lipinski definition) is 8. The van der Waals surface area contributed by atoms with E-state index in [9.17, 15) is 19.8 Å². The van der Waals surface area contributed by atoms with Gasteiger partial charge in [-0.05, 0) is 48.1 Å². The predicted molar refractivity (Wildman–Crippen MR) is 172 cm³/mol. The molecule has 2 saturated heterocycles. The normalized spacial score (nSPS) is 21.8. The second-order valence-electron chi connectivity index (χ2n) is 11.9. The van der Waals surface area contributed by atoms with Crippen LogP contribution in [0.15, 0.2) is 72.8 Å². The third-order valence-corrected chi connectivity index (χ3v) is 8.36. The Kier molecular flexibility index (Phi) is 11.6. The topological polar surface area (TPSA) is 146 Å². The van der Waals surface area contributed by atoms with Crippen molar-refractivity contribution in [2.75, 3.05) is 30.7 Å². The summed E-state index contributed by atoms with van der Waals surface area (Å²) in [7, 11) is 0. The van der Waals surface area contributed by atoms with Crippen molar-refractivity contribution in [3.05, 3.63) is 95.1 Å². The molecule has 0 aliphatic carbocycles. The number of β-amino-alcohol motifs (C(OH)–C–C–N with tert-alkyl or cyclic N) is 1. The molecule has 3 aromatic rings. The molecule has 240 valence electrons. The minimum absolute atomic E-state index is 0.00553. The summed E-state index contributed by atoms with van der Waals surface area (Å²) in [6.07, 6.45) is 2.27. The summed E-state index contributed by atoms with van der Waals surface area (Å²) in [6.45, 7) is 2.62. The van der Waals surface area contributed by atoms with E-state index in [2.05, 4.69) is 15.5 Å². The van der Waals surface area contributed by atoms with E-state index in [-0.39, 0.29) is 36.7 Å². The van der Waals surface area contributed by atoms with Gasteiger partial charge in [0.05, 0.1) is 36.3 Å². The molecule has 2 heterocycles. The number of amides is 2. The number of nitrogens with zero attached hydrogens (tertiary/aromatic N) is 1. The standard InChI is InChI=1S/C35H44N4O6/c36-30-5-1-2-6-31(30)38-34(43)8-4-3-7-33(42)37-20-24-9-15-27(16-10-24)35-44-29(22-39-18-17-28(41)21-39)19-32(45-35)26-13-11-25(23-40)12-14-26/h1-2,5-6,9-16,28-29,32,35,40-41H,3-4,7-8,17-23,36H2,(H,37,42)(H,38,43)/t28-,29-,32+,35+/m0/s1. The van der Waals surface area contributed by atoms with Crippen molar-refractivity contribution in [3.63, 3.8) is 0 Å². The van der Waals surface area contributed by atoms with Crippen LogP contribution in [0.25, 0.3) is 0 Å². The maximum Gasteiger partial charge on any atom is 0.224 e. The molecule has 5 rings (SSSR count). The second-order valence-corrected chi connectivity index (χ2v) is 11.9. The van der Waals surface area contributed by atoms with Crippen LogP contribution in [0.4, 0.5) is 11.4 Å². The van der Waals surface area contributed by atoms with Gasteiger partial charge in [-0.1, -0.05) is 60.7 Å². The Morgan fingerprint density at radius 1 is 0.889 bits per heavy atom. The number of rotatable bonds is 13. The molecule has 10 nitrogen and oxygen atoms in total. The largest absolute Gasteiger partial charge is 0.397 e. The zero-order valence-electron chi connectivity index (χ0n) is 25.6. The first-order valence-electron chi connectivity index (χ1n) is 15.8. The van der Waals surface area contributed by atoms with E-state index in [0.717, 1.165) is 41.8 Å². The highest BCUT2D eigenvalue weighted by atomic mass is 16.7. The Labute approximate surface area is 264 Å². The lowest BCUT2D eigenvalue weighted by Gasteiger charge is -2.37. The summed E-state index contributed by atoms with van der Waals surface area (Å²) in [5.74, 6) is -0.179. The maximum atomic E-state index is 12.4. The van der Waals surface area contributed by atoms with Crippen LogP contribution in [0.2, 0.25) is 0 Å². The number of hydrogen-bond donors (Lipinski definition) is 5. The highest BCUT2D eigenvalue weighted by Crippen LogP contribution is 2.38. The fourth-order valence-corrected chi connectivity index (χ4v) is 5.78. The van der Waals surface area contributed by atoms with Crippen molar-refractivity contribution in [2.24, 2.45) is 0 Å². The fraction of sp³-hybridized carbons (Fsp3) is 0.429. The molecule has 6 N–H and O–H groups in total. The van der Waals surface area contributed by atoms with Gasteiger partial charge in [-0.15, -0.1) is 0 Å². The van der Waals surface area contributed by atoms with Crippen LogP contribution in [0.1, 0.15) is 73.2 Å². The van der Waals surface area contributed by atoms with Crippen molar-refractivity contribution in [2.45, 2.75) is 76.3 Å². The summed E-state index contributed by atoms with van der Waals surface area (Å²) in [5.41, 5.74) is 10.7. The molecule has 2 aliphatic heterocycles. The Bertz CT molecular complexity index is 1400. The Morgan fingerprint density at radius 2 is 1.58 bits per heavy atom. The van der Waals surface area contributed by atoms with Gasteiger partial charge >= 0.3 is 0 Å².